The normalized spacial score (nSPS) is 13.6. The van der Waals surface area contributed by atoms with Gasteiger partial charge in [-0.15, -0.1) is 6.58 Å². The minimum Gasteiger partial charge on any atom is -0.316 e. The number of nitrogens with one attached hydrogen (secondary N) is 1. The Hall–Kier alpha value is -3.16. The molecule has 2 aromatic heterocycles. The Bertz CT molecular complexity index is 1390. The van der Waals surface area contributed by atoms with E-state index in [1.54, 1.807) is 18.5 Å². The van der Waals surface area contributed by atoms with Gasteiger partial charge in [-0.1, -0.05) is 58.1 Å². The van der Waals surface area contributed by atoms with Crippen molar-refractivity contribution in [3.05, 3.63) is 91.3 Å². The molecule has 0 bridgehead atoms. The number of benzene rings is 2. The molecule has 4 aromatic rings. The molecule has 42 heavy (non-hydrogen) atoms. The number of aromatic nitrogens is 2. The molecule has 0 radical (unpaired) electrons. The van der Waals surface area contributed by atoms with E-state index in [9.17, 15) is 4.21 Å². The second-order valence-corrected chi connectivity index (χ2v) is 12.6. The van der Waals surface area contributed by atoms with Crippen molar-refractivity contribution < 1.29 is 4.21 Å². The van der Waals surface area contributed by atoms with Gasteiger partial charge >= 0.3 is 0 Å². The van der Waals surface area contributed by atoms with Gasteiger partial charge in [-0.3, -0.25) is 9.97 Å². The van der Waals surface area contributed by atoms with Crippen LogP contribution in [0.3, 0.4) is 0 Å². The molecule has 1 aliphatic rings. The van der Waals surface area contributed by atoms with Gasteiger partial charge in [-0.05, 0) is 98.8 Å². The van der Waals surface area contributed by atoms with Gasteiger partial charge in [0.1, 0.15) is 11.0 Å². The number of anilines is 2. The molecule has 1 unspecified atom stereocenters. The van der Waals surface area contributed by atoms with Crippen LogP contribution in [-0.2, 0) is 11.0 Å². The molecule has 1 aliphatic heterocycles. The van der Waals surface area contributed by atoms with E-state index in [1.807, 2.05) is 67.4 Å². The van der Waals surface area contributed by atoms with Crippen molar-refractivity contribution in [2.24, 2.45) is 0 Å². The molecule has 7 heteroatoms. The average Bonchev–Trinajstić information content (AvgIpc) is 3.31. The Labute approximate surface area is 260 Å². The predicted octanol–water partition coefficient (Wildman–Crippen LogP) is 10.2. The molecular weight excluding hydrogens is 557 g/mol. The standard InChI is InChI=1S/C26H26N4OS2.C6H14.C3H6/c1-19-7-8-20(18-24(19)26-23-6-5-14-27-25(23)13-15-28-26)29-33(31)22-11-9-21(10-12-22)30-16-3-2-4-17-32-30;1-3-5-6-4-2;1-3-2/h5-15,18,29H,2-4,16-17H2,1H3;3-6H2,1-2H3;3H,1H2,2H3. The number of hydrogen-bond acceptors (Lipinski definition) is 5. The highest BCUT2D eigenvalue weighted by molar-refractivity contribution is 8.00. The lowest BCUT2D eigenvalue weighted by atomic mass is 10.0. The maximum atomic E-state index is 13.1. The van der Waals surface area contributed by atoms with Crippen LogP contribution in [-0.4, -0.2) is 26.5 Å². The van der Waals surface area contributed by atoms with E-state index in [2.05, 4.69) is 58.5 Å². The van der Waals surface area contributed by atoms with Gasteiger partial charge in [0.15, 0.2) is 0 Å². The number of nitrogens with zero attached hydrogens (tertiary/aromatic N) is 3. The van der Waals surface area contributed by atoms with Crippen LogP contribution in [0.2, 0.25) is 0 Å². The van der Waals surface area contributed by atoms with Crippen LogP contribution in [0.4, 0.5) is 11.4 Å². The van der Waals surface area contributed by atoms with Gasteiger partial charge < -0.3 is 9.03 Å². The molecule has 1 atom stereocenters. The first-order valence-electron chi connectivity index (χ1n) is 15.1. The van der Waals surface area contributed by atoms with Crippen LogP contribution in [0, 0.1) is 6.92 Å². The zero-order valence-corrected chi connectivity index (χ0v) is 27.3. The fourth-order valence-electron chi connectivity index (χ4n) is 4.54. The van der Waals surface area contributed by atoms with E-state index >= 15 is 0 Å². The molecule has 0 amide bonds. The van der Waals surface area contributed by atoms with E-state index in [4.69, 9.17) is 0 Å². The third-order valence-electron chi connectivity index (χ3n) is 6.78. The van der Waals surface area contributed by atoms with Crippen LogP contribution in [0.5, 0.6) is 0 Å². The van der Waals surface area contributed by atoms with Gasteiger partial charge in [-0.2, -0.15) is 0 Å². The summed E-state index contributed by atoms with van der Waals surface area (Å²) in [6.07, 6.45) is 14.6. The third-order valence-corrected chi connectivity index (χ3v) is 9.08. The van der Waals surface area contributed by atoms with Crippen LogP contribution in [0.15, 0.2) is 90.6 Å². The van der Waals surface area contributed by atoms with Crippen molar-refractivity contribution in [2.75, 3.05) is 21.3 Å². The lowest BCUT2D eigenvalue weighted by Crippen LogP contribution is -2.14. The van der Waals surface area contributed by atoms with Crippen LogP contribution < -0.4 is 9.03 Å². The van der Waals surface area contributed by atoms with Crippen molar-refractivity contribution in [1.29, 1.82) is 0 Å². The summed E-state index contributed by atoms with van der Waals surface area (Å²) in [6, 6.07) is 19.9. The van der Waals surface area contributed by atoms with Crippen molar-refractivity contribution in [3.8, 4) is 11.3 Å². The van der Waals surface area contributed by atoms with Crippen molar-refractivity contribution in [2.45, 2.75) is 77.5 Å². The minimum atomic E-state index is -1.36. The number of hydrogen-bond donors (Lipinski definition) is 1. The summed E-state index contributed by atoms with van der Waals surface area (Å²) in [4.78, 5) is 9.83. The smallest absolute Gasteiger partial charge is 0.150 e. The van der Waals surface area contributed by atoms with Crippen LogP contribution in [0.25, 0.3) is 22.2 Å². The van der Waals surface area contributed by atoms with Crippen molar-refractivity contribution in [1.82, 2.24) is 9.97 Å². The SMILES string of the molecule is C=CC.CCCCCC.Cc1ccc(NS(=O)c2ccc(N3CCCCCS3)cc2)cc1-c1nccc2ncccc12. The van der Waals surface area contributed by atoms with E-state index in [1.165, 1.54) is 50.6 Å². The molecule has 224 valence electrons. The summed E-state index contributed by atoms with van der Waals surface area (Å²) < 4.78 is 18.6. The van der Waals surface area contributed by atoms with Crippen molar-refractivity contribution in [3.63, 3.8) is 0 Å². The lowest BCUT2D eigenvalue weighted by molar-refractivity contribution is 0.686. The molecular formula is C35H46N4OS2. The third kappa shape index (κ3) is 9.99. The zero-order valence-electron chi connectivity index (χ0n) is 25.6. The number of allylic oxidation sites excluding steroid dienone is 1. The zero-order chi connectivity index (χ0) is 30.2. The van der Waals surface area contributed by atoms with E-state index < -0.39 is 11.0 Å². The average molecular weight is 603 g/mol. The number of rotatable bonds is 8. The monoisotopic (exact) mass is 602 g/mol. The van der Waals surface area contributed by atoms with Gasteiger partial charge in [0, 0.05) is 47.0 Å². The van der Waals surface area contributed by atoms with Crippen molar-refractivity contribution >= 4 is 45.2 Å². The Morgan fingerprint density at radius 3 is 2.43 bits per heavy atom. The fourth-order valence-corrected chi connectivity index (χ4v) is 6.46. The quantitative estimate of drug-likeness (QED) is 0.124. The summed E-state index contributed by atoms with van der Waals surface area (Å²) in [5.41, 5.74) is 5.87. The predicted molar refractivity (Wildman–Crippen MR) is 186 cm³/mol. The molecule has 0 saturated carbocycles. The number of pyridine rings is 2. The fraction of sp³-hybridized carbons (Fsp3) is 0.371. The number of fused-ring (bicyclic) bond motifs is 1. The first-order chi connectivity index (χ1) is 20.5. The van der Waals surface area contributed by atoms with Gasteiger partial charge in [0.05, 0.1) is 16.1 Å². The Balaban J connectivity index is 0.000000473. The second-order valence-electron chi connectivity index (χ2n) is 10.2. The molecule has 5 nitrogen and oxygen atoms in total. The van der Waals surface area contributed by atoms with E-state index in [0.717, 1.165) is 50.6 Å². The summed E-state index contributed by atoms with van der Waals surface area (Å²) in [7, 11) is -1.36. The highest BCUT2D eigenvalue weighted by Gasteiger charge is 2.13. The van der Waals surface area contributed by atoms with Gasteiger partial charge in [0.25, 0.3) is 0 Å². The Morgan fingerprint density at radius 2 is 1.71 bits per heavy atom. The molecule has 0 spiro atoms. The highest BCUT2D eigenvalue weighted by Crippen LogP contribution is 2.31. The highest BCUT2D eigenvalue weighted by atomic mass is 32.2. The topological polar surface area (TPSA) is 58.1 Å². The number of unbranched alkanes of at least 4 members (excludes halogenated alkanes) is 3. The molecule has 1 N–H and O–H groups in total. The minimum absolute atomic E-state index is 0.758. The first-order valence-corrected chi connectivity index (χ1v) is 17.2. The number of aryl methyl sites for hydroxylation is 1. The molecule has 0 aliphatic carbocycles. The van der Waals surface area contributed by atoms with Gasteiger partial charge in [0.2, 0.25) is 0 Å². The first kappa shape index (κ1) is 33.3. The van der Waals surface area contributed by atoms with Crippen LogP contribution in [0.1, 0.15) is 71.3 Å². The van der Waals surface area contributed by atoms with Crippen LogP contribution >= 0.6 is 11.9 Å². The summed E-state index contributed by atoms with van der Waals surface area (Å²) in [5, 5.41) is 1.00. The molecule has 1 fully saturated rings. The molecule has 3 heterocycles. The maximum absolute atomic E-state index is 13.1. The maximum Gasteiger partial charge on any atom is 0.150 e. The summed E-state index contributed by atoms with van der Waals surface area (Å²) in [6.45, 7) is 12.8. The molecule has 2 aromatic carbocycles. The molecule has 1 saturated heterocycles. The Morgan fingerprint density at radius 1 is 0.976 bits per heavy atom. The largest absolute Gasteiger partial charge is 0.316 e. The Kier molecular flexibility index (Phi) is 14.6. The lowest BCUT2D eigenvalue weighted by Gasteiger charge is -2.21. The van der Waals surface area contributed by atoms with E-state index in [-0.39, 0.29) is 0 Å². The summed E-state index contributed by atoms with van der Waals surface area (Å²) >= 11 is 1.89. The summed E-state index contributed by atoms with van der Waals surface area (Å²) in [5.74, 6) is 1.16. The molecule has 5 rings (SSSR count). The van der Waals surface area contributed by atoms with Gasteiger partial charge in [-0.25, -0.2) is 4.21 Å². The van der Waals surface area contributed by atoms with E-state index in [0.29, 0.717) is 0 Å². The second kappa shape index (κ2) is 18.4.